The molecule has 1 aromatic rings. The molecule has 0 aliphatic rings. The monoisotopic (exact) mass is 251 g/mol. The summed E-state index contributed by atoms with van der Waals surface area (Å²) >= 11 is 5.69. The van der Waals surface area contributed by atoms with Crippen LogP contribution in [0.2, 0.25) is 5.02 Å². The number of hydrogen-bond acceptors (Lipinski definition) is 4. The molecule has 6 heteroatoms. The Balaban J connectivity index is 0.00000196. The van der Waals surface area contributed by atoms with Crippen LogP contribution in [0.4, 0.5) is 0 Å². The second-order valence-corrected chi connectivity index (χ2v) is 3.14. The first kappa shape index (κ1) is 14.0. The van der Waals surface area contributed by atoms with E-state index in [4.69, 9.17) is 17.3 Å². The second kappa shape index (κ2) is 5.80. The summed E-state index contributed by atoms with van der Waals surface area (Å²) < 4.78 is 4.44. The van der Waals surface area contributed by atoms with E-state index in [1.54, 1.807) is 0 Å². The molecule has 0 saturated carbocycles. The van der Waals surface area contributed by atoms with E-state index in [1.807, 2.05) is 0 Å². The van der Waals surface area contributed by atoms with Gasteiger partial charge in [-0.1, -0.05) is 11.6 Å². The quantitative estimate of drug-likeness (QED) is 0.785. The zero-order chi connectivity index (χ0) is 10.7. The Morgan fingerprint density at radius 1 is 1.60 bits per heavy atom. The maximum atomic E-state index is 11.1. The number of halogens is 2. The summed E-state index contributed by atoms with van der Waals surface area (Å²) in [5.41, 5.74) is 5.78. The molecule has 0 saturated heterocycles. The van der Waals surface area contributed by atoms with Crippen LogP contribution in [-0.2, 0) is 9.53 Å². The Morgan fingerprint density at radius 2 is 2.20 bits per heavy atom. The summed E-state index contributed by atoms with van der Waals surface area (Å²) in [7, 11) is 1.23. The van der Waals surface area contributed by atoms with Crippen LogP contribution in [0.25, 0.3) is 0 Å². The first-order valence-electron chi connectivity index (χ1n) is 3.88. The number of phenolic OH excluding ortho intramolecular Hbond substituents is 1. The standard InChI is InChI=1S/C9H10ClNO3.ClH/c1-14-9(13)8(11)6-4-5(10)2-3-7(6)12;/h2-4,8,12H,11H2,1H3;1H/t8-;/m1./s1. The van der Waals surface area contributed by atoms with Gasteiger partial charge in [-0.05, 0) is 18.2 Å². The molecule has 0 amide bonds. The van der Waals surface area contributed by atoms with Gasteiger partial charge in [0.1, 0.15) is 11.8 Å². The highest BCUT2D eigenvalue weighted by Gasteiger charge is 2.19. The molecule has 0 spiro atoms. The molecule has 1 aromatic carbocycles. The van der Waals surface area contributed by atoms with E-state index < -0.39 is 12.0 Å². The van der Waals surface area contributed by atoms with Gasteiger partial charge in [0.25, 0.3) is 0 Å². The molecule has 0 unspecified atom stereocenters. The SMILES string of the molecule is COC(=O)[C@H](N)c1cc(Cl)ccc1O.Cl. The zero-order valence-corrected chi connectivity index (χ0v) is 9.51. The van der Waals surface area contributed by atoms with Gasteiger partial charge in [-0.2, -0.15) is 0 Å². The number of carbonyl (C=O) groups is 1. The molecule has 1 rings (SSSR count). The molecule has 84 valence electrons. The van der Waals surface area contributed by atoms with Crippen molar-refractivity contribution in [3.63, 3.8) is 0 Å². The van der Waals surface area contributed by atoms with Crippen molar-refractivity contribution in [1.29, 1.82) is 0 Å². The molecule has 15 heavy (non-hydrogen) atoms. The number of methoxy groups -OCH3 is 1. The topological polar surface area (TPSA) is 72.5 Å². The molecule has 0 bridgehead atoms. The van der Waals surface area contributed by atoms with Crippen molar-refractivity contribution in [3.05, 3.63) is 28.8 Å². The summed E-state index contributed by atoms with van der Waals surface area (Å²) in [5.74, 6) is -0.699. The summed E-state index contributed by atoms with van der Waals surface area (Å²) in [4.78, 5) is 11.1. The lowest BCUT2D eigenvalue weighted by Crippen LogP contribution is -2.22. The van der Waals surface area contributed by atoms with Gasteiger partial charge in [-0.3, -0.25) is 4.79 Å². The maximum absolute atomic E-state index is 11.1. The third-order valence-corrected chi connectivity index (χ3v) is 2.01. The number of nitrogens with two attached hydrogens (primary N) is 1. The molecule has 0 heterocycles. The highest BCUT2D eigenvalue weighted by Crippen LogP contribution is 2.26. The molecular formula is C9H11Cl2NO3. The highest BCUT2D eigenvalue weighted by atomic mass is 35.5. The van der Waals surface area contributed by atoms with Crippen LogP contribution in [0, 0.1) is 0 Å². The predicted octanol–water partition coefficient (Wildman–Crippen LogP) is 1.64. The van der Waals surface area contributed by atoms with Crippen LogP contribution in [0.1, 0.15) is 11.6 Å². The van der Waals surface area contributed by atoms with E-state index >= 15 is 0 Å². The van der Waals surface area contributed by atoms with Gasteiger partial charge < -0.3 is 15.6 Å². The van der Waals surface area contributed by atoms with Crippen LogP contribution in [0.5, 0.6) is 5.75 Å². The number of carbonyl (C=O) groups excluding carboxylic acids is 1. The van der Waals surface area contributed by atoms with Crippen molar-refractivity contribution in [2.75, 3.05) is 7.11 Å². The van der Waals surface area contributed by atoms with E-state index in [2.05, 4.69) is 4.74 Å². The Labute approximate surface area is 98.4 Å². The number of rotatable bonds is 2. The van der Waals surface area contributed by atoms with Gasteiger partial charge in [-0.25, -0.2) is 0 Å². The third kappa shape index (κ3) is 3.27. The zero-order valence-electron chi connectivity index (χ0n) is 7.94. The second-order valence-electron chi connectivity index (χ2n) is 2.70. The number of benzene rings is 1. The fourth-order valence-electron chi connectivity index (χ4n) is 1.03. The largest absolute Gasteiger partial charge is 0.508 e. The molecule has 3 N–H and O–H groups in total. The Bertz CT molecular complexity index is 357. The minimum Gasteiger partial charge on any atom is -0.508 e. The van der Waals surface area contributed by atoms with Gasteiger partial charge >= 0.3 is 5.97 Å². The molecule has 0 aromatic heterocycles. The van der Waals surface area contributed by atoms with Gasteiger partial charge in [0.2, 0.25) is 0 Å². The minimum atomic E-state index is -1.02. The van der Waals surface area contributed by atoms with Crippen LogP contribution in [0.15, 0.2) is 18.2 Å². The average Bonchev–Trinajstić information content (AvgIpc) is 2.19. The van der Waals surface area contributed by atoms with Crippen molar-refractivity contribution in [1.82, 2.24) is 0 Å². The number of ether oxygens (including phenoxy) is 1. The summed E-state index contributed by atoms with van der Waals surface area (Å²) in [5, 5.41) is 9.80. The molecule has 0 fully saturated rings. The fourth-order valence-corrected chi connectivity index (χ4v) is 1.21. The maximum Gasteiger partial charge on any atom is 0.327 e. The number of phenols is 1. The lowest BCUT2D eigenvalue weighted by atomic mass is 10.1. The minimum absolute atomic E-state index is 0. The smallest absolute Gasteiger partial charge is 0.327 e. The van der Waals surface area contributed by atoms with Gasteiger partial charge in [0, 0.05) is 10.6 Å². The number of hydrogen-bond donors (Lipinski definition) is 2. The van der Waals surface area contributed by atoms with Gasteiger partial charge in [0.15, 0.2) is 0 Å². The Kier molecular flexibility index (Phi) is 5.43. The van der Waals surface area contributed by atoms with Crippen molar-refractivity contribution >= 4 is 30.0 Å². The fraction of sp³-hybridized carbons (Fsp3) is 0.222. The van der Waals surface area contributed by atoms with Gasteiger partial charge in [-0.15, -0.1) is 12.4 Å². The molecular weight excluding hydrogens is 241 g/mol. The summed E-state index contributed by atoms with van der Waals surface area (Å²) in [6, 6.07) is 3.29. The number of aromatic hydroxyl groups is 1. The highest BCUT2D eigenvalue weighted by molar-refractivity contribution is 6.30. The summed E-state index contributed by atoms with van der Waals surface area (Å²) in [6.45, 7) is 0. The lowest BCUT2D eigenvalue weighted by Gasteiger charge is -2.11. The predicted molar refractivity (Wildman–Crippen MR) is 59.3 cm³/mol. The Hall–Kier alpha value is -0.970. The van der Waals surface area contributed by atoms with Crippen LogP contribution < -0.4 is 5.73 Å². The van der Waals surface area contributed by atoms with Gasteiger partial charge in [0.05, 0.1) is 7.11 Å². The first-order valence-corrected chi connectivity index (χ1v) is 4.26. The Morgan fingerprint density at radius 3 is 2.73 bits per heavy atom. The van der Waals surface area contributed by atoms with Crippen LogP contribution in [-0.4, -0.2) is 18.2 Å². The van der Waals surface area contributed by atoms with Crippen molar-refractivity contribution in [2.45, 2.75) is 6.04 Å². The van der Waals surface area contributed by atoms with Crippen molar-refractivity contribution in [3.8, 4) is 5.75 Å². The third-order valence-electron chi connectivity index (χ3n) is 1.78. The van der Waals surface area contributed by atoms with Crippen LogP contribution in [0.3, 0.4) is 0 Å². The normalized spacial score (nSPS) is 11.4. The average molecular weight is 252 g/mol. The molecule has 4 nitrogen and oxygen atoms in total. The van der Waals surface area contributed by atoms with E-state index in [0.717, 1.165) is 0 Å². The first-order chi connectivity index (χ1) is 6.56. The van der Waals surface area contributed by atoms with Crippen LogP contribution >= 0.6 is 24.0 Å². The summed E-state index contributed by atoms with van der Waals surface area (Å²) in [6.07, 6.45) is 0. The van der Waals surface area contributed by atoms with E-state index in [-0.39, 0.29) is 23.7 Å². The van der Waals surface area contributed by atoms with Crippen molar-refractivity contribution in [2.24, 2.45) is 5.73 Å². The van der Waals surface area contributed by atoms with E-state index in [9.17, 15) is 9.90 Å². The van der Waals surface area contributed by atoms with Crippen molar-refractivity contribution < 1.29 is 14.6 Å². The molecule has 1 atom stereocenters. The van der Waals surface area contributed by atoms with E-state index in [0.29, 0.717) is 5.02 Å². The molecule has 0 aliphatic heterocycles. The number of esters is 1. The van der Waals surface area contributed by atoms with E-state index in [1.165, 1.54) is 25.3 Å². The lowest BCUT2D eigenvalue weighted by molar-refractivity contribution is -0.142. The molecule has 0 radical (unpaired) electrons. The molecule has 0 aliphatic carbocycles.